The second-order valence-corrected chi connectivity index (χ2v) is 6.29. The first-order chi connectivity index (χ1) is 11.8. The minimum absolute atomic E-state index is 0.180. The van der Waals surface area contributed by atoms with Crippen molar-refractivity contribution in [3.8, 4) is 0 Å². The molecule has 0 radical (unpaired) electrons. The second kappa shape index (κ2) is 7.91. The SMILES string of the molecule is CCCc1noc(CCCC(=O)Nc2cnn(C(C)(C)C(=O)O)c2)n1. The van der Waals surface area contributed by atoms with Gasteiger partial charge in [-0.1, -0.05) is 12.1 Å². The Morgan fingerprint density at radius 2 is 2.12 bits per heavy atom. The second-order valence-electron chi connectivity index (χ2n) is 6.29. The van der Waals surface area contributed by atoms with Crippen molar-refractivity contribution < 1.29 is 19.2 Å². The van der Waals surface area contributed by atoms with E-state index in [0.29, 0.717) is 36.7 Å². The third-order valence-electron chi connectivity index (χ3n) is 3.74. The van der Waals surface area contributed by atoms with Crippen molar-refractivity contribution in [1.82, 2.24) is 19.9 Å². The van der Waals surface area contributed by atoms with E-state index in [0.717, 1.165) is 12.8 Å². The molecule has 0 fully saturated rings. The summed E-state index contributed by atoms with van der Waals surface area (Å²) < 4.78 is 6.42. The highest BCUT2D eigenvalue weighted by molar-refractivity contribution is 5.90. The zero-order valence-corrected chi connectivity index (χ0v) is 14.7. The minimum Gasteiger partial charge on any atom is -0.479 e. The molecule has 9 nitrogen and oxygen atoms in total. The molecule has 0 aliphatic heterocycles. The first-order valence-electron chi connectivity index (χ1n) is 8.22. The molecular weight excluding hydrogens is 326 g/mol. The molecule has 0 bridgehead atoms. The van der Waals surface area contributed by atoms with Gasteiger partial charge in [-0.3, -0.25) is 9.48 Å². The molecule has 0 aliphatic carbocycles. The van der Waals surface area contributed by atoms with E-state index in [-0.39, 0.29) is 5.91 Å². The number of carboxylic acids is 1. The molecule has 136 valence electrons. The lowest BCUT2D eigenvalue weighted by Gasteiger charge is -2.19. The monoisotopic (exact) mass is 349 g/mol. The van der Waals surface area contributed by atoms with Gasteiger partial charge in [-0.2, -0.15) is 10.1 Å². The van der Waals surface area contributed by atoms with Crippen molar-refractivity contribution in [2.24, 2.45) is 0 Å². The standard InChI is InChI=1S/C16H23N5O4/c1-4-6-12-19-14(25-20-12)8-5-7-13(22)18-11-9-17-21(10-11)16(2,3)15(23)24/h9-10H,4-8H2,1-3H3,(H,18,22)(H,23,24). The fourth-order valence-electron chi connectivity index (χ4n) is 2.13. The summed E-state index contributed by atoms with van der Waals surface area (Å²) >= 11 is 0. The molecule has 9 heteroatoms. The van der Waals surface area contributed by atoms with E-state index in [4.69, 9.17) is 4.52 Å². The molecule has 2 aromatic rings. The number of hydrogen-bond donors (Lipinski definition) is 2. The maximum Gasteiger partial charge on any atom is 0.331 e. The van der Waals surface area contributed by atoms with Crippen molar-refractivity contribution in [3.05, 3.63) is 24.1 Å². The quantitative estimate of drug-likeness (QED) is 0.709. The van der Waals surface area contributed by atoms with Crippen molar-refractivity contribution in [3.63, 3.8) is 0 Å². The van der Waals surface area contributed by atoms with Gasteiger partial charge in [0.05, 0.1) is 11.9 Å². The topological polar surface area (TPSA) is 123 Å². The largest absolute Gasteiger partial charge is 0.479 e. The van der Waals surface area contributed by atoms with Crippen LogP contribution < -0.4 is 5.32 Å². The first kappa shape index (κ1) is 18.6. The highest BCUT2D eigenvalue weighted by Crippen LogP contribution is 2.17. The van der Waals surface area contributed by atoms with Crippen LogP contribution in [0.25, 0.3) is 0 Å². The van der Waals surface area contributed by atoms with E-state index >= 15 is 0 Å². The number of aryl methyl sites for hydroxylation is 2. The number of nitrogens with zero attached hydrogens (tertiary/aromatic N) is 4. The van der Waals surface area contributed by atoms with Crippen LogP contribution in [0.1, 0.15) is 51.7 Å². The van der Waals surface area contributed by atoms with E-state index in [1.165, 1.54) is 30.9 Å². The number of amides is 1. The van der Waals surface area contributed by atoms with Gasteiger partial charge in [0.25, 0.3) is 0 Å². The Morgan fingerprint density at radius 1 is 1.36 bits per heavy atom. The van der Waals surface area contributed by atoms with Crippen LogP contribution in [0.2, 0.25) is 0 Å². The van der Waals surface area contributed by atoms with Gasteiger partial charge < -0.3 is 14.9 Å². The number of rotatable bonds is 9. The fraction of sp³-hybridized carbons (Fsp3) is 0.562. The van der Waals surface area contributed by atoms with Crippen molar-refractivity contribution >= 4 is 17.6 Å². The Balaban J connectivity index is 1.80. The molecule has 0 aromatic carbocycles. The maximum atomic E-state index is 12.0. The number of aliphatic carboxylic acids is 1. The van der Waals surface area contributed by atoms with E-state index in [2.05, 4.69) is 20.6 Å². The Labute approximate surface area is 145 Å². The summed E-state index contributed by atoms with van der Waals surface area (Å²) in [5.41, 5.74) is -0.723. The number of carboxylic acid groups (broad SMARTS) is 1. The van der Waals surface area contributed by atoms with E-state index in [9.17, 15) is 14.7 Å². The number of anilines is 1. The number of aromatic nitrogens is 4. The van der Waals surface area contributed by atoms with E-state index in [1.807, 2.05) is 6.92 Å². The molecule has 0 saturated carbocycles. The number of hydrogen-bond acceptors (Lipinski definition) is 6. The lowest BCUT2D eigenvalue weighted by molar-refractivity contribution is -0.146. The van der Waals surface area contributed by atoms with Crippen LogP contribution in [0.15, 0.2) is 16.9 Å². The number of carbonyl (C=O) groups is 2. The summed E-state index contributed by atoms with van der Waals surface area (Å²) in [5.74, 6) is 0.0409. The smallest absolute Gasteiger partial charge is 0.331 e. The van der Waals surface area contributed by atoms with Crippen molar-refractivity contribution in [2.75, 3.05) is 5.32 Å². The molecule has 0 aliphatic rings. The van der Waals surface area contributed by atoms with Gasteiger partial charge >= 0.3 is 5.97 Å². The minimum atomic E-state index is -1.18. The van der Waals surface area contributed by atoms with Crippen LogP contribution in [0.4, 0.5) is 5.69 Å². The van der Waals surface area contributed by atoms with Crippen LogP contribution in [0.5, 0.6) is 0 Å². The third-order valence-corrected chi connectivity index (χ3v) is 3.74. The molecule has 0 spiro atoms. The van der Waals surface area contributed by atoms with Crippen LogP contribution in [-0.2, 0) is 28.0 Å². The van der Waals surface area contributed by atoms with Gasteiger partial charge in [0.15, 0.2) is 11.4 Å². The predicted octanol–water partition coefficient (Wildman–Crippen LogP) is 2.00. The summed E-state index contributed by atoms with van der Waals surface area (Å²) in [6.07, 6.45) is 6.07. The van der Waals surface area contributed by atoms with Gasteiger partial charge in [-0.05, 0) is 26.7 Å². The van der Waals surface area contributed by atoms with E-state index in [1.54, 1.807) is 0 Å². The van der Waals surface area contributed by atoms with Gasteiger partial charge in [0.2, 0.25) is 11.8 Å². The van der Waals surface area contributed by atoms with E-state index < -0.39 is 11.5 Å². The highest BCUT2D eigenvalue weighted by atomic mass is 16.5. The Kier molecular flexibility index (Phi) is 5.89. The number of nitrogens with one attached hydrogen (secondary N) is 1. The van der Waals surface area contributed by atoms with Gasteiger partial charge in [0, 0.05) is 25.5 Å². The van der Waals surface area contributed by atoms with Crippen molar-refractivity contribution in [2.45, 2.75) is 58.4 Å². The van der Waals surface area contributed by atoms with Crippen LogP contribution >= 0.6 is 0 Å². The molecule has 0 saturated heterocycles. The van der Waals surface area contributed by atoms with Crippen molar-refractivity contribution in [1.29, 1.82) is 0 Å². The lowest BCUT2D eigenvalue weighted by Crippen LogP contribution is -2.35. The third kappa shape index (κ3) is 4.88. The normalized spacial score (nSPS) is 11.5. The molecule has 0 unspecified atom stereocenters. The zero-order valence-electron chi connectivity index (χ0n) is 14.7. The van der Waals surface area contributed by atoms with Crippen LogP contribution in [0, 0.1) is 0 Å². The molecule has 2 aromatic heterocycles. The van der Waals surface area contributed by atoms with Gasteiger partial charge in [-0.15, -0.1) is 0 Å². The Morgan fingerprint density at radius 3 is 2.80 bits per heavy atom. The first-order valence-corrected chi connectivity index (χ1v) is 8.22. The molecule has 2 rings (SSSR count). The average molecular weight is 349 g/mol. The van der Waals surface area contributed by atoms with Crippen LogP contribution in [-0.4, -0.2) is 36.9 Å². The summed E-state index contributed by atoms with van der Waals surface area (Å²) in [6, 6.07) is 0. The summed E-state index contributed by atoms with van der Waals surface area (Å²) in [7, 11) is 0. The van der Waals surface area contributed by atoms with Gasteiger partial charge in [-0.25, -0.2) is 4.79 Å². The Bertz CT molecular complexity index is 734. The number of carbonyl (C=O) groups excluding carboxylic acids is 1. The fourth-order valence-corrected chi connectivity index (χ4v) is 2.13. The molecule has 2 heterocycles. The molecule has 0 atom stereocenters. The molecular formula is C16H23N5O4. The predicted molar refractivity (Wildman–Crippen MR) is 89.0 cm³/mol. The van der Waals surface area contributed by atoms with Gasteiger partial charge in [0.1, 0.15) is 0 Å². The highest BCUT2D eigenvalue weighted by Gasteiger charge is 2.30. The lowest BCUT2D eigenvalue weighted by atomic mass is 10.1. The maximum absolute atomic E-state index is 12.0. The Hall–Kier alpha value is -2.71. The summed E-state index contributed by atoms with van der Waals surface area (Å²) in [5, 5.41) is 19.7. The summed E-state index contributed by atoms with van der Waals surface area (Å²) in [4.78, 5) is 27.4. The molecule has 2 N–H and O–H groups in total. The molecule has 25 heavy (non-hydrogen) atoms. The average Bonchev–Trinajstić information content (AvgIpc) is 3.17. The summed E-state index contributed by atoms with van der Waals surface area (Å²) in [6.45, 7) is 5.11. The molecule has 1 amide bonds. The zero-order chi connectivity index (χ0) is 18.4. The van der Waals surface area contributed by atoms with Crippen LogP contribution in [0.3, 0.4) is 0 Å².